The minimum absolute atomic E-state index is 0.0822. The van der Waals surface area contributed by atoms with Crippen LogP contribution in [-0.4, -0.2) is 30.7 Å². The van der Waals surface area contributed by atoms with Crippen molar-refractivity contribution in [2.75, 3.05) is 11.6 Å². The fourth-order valence-electron chi connectivity index (χ4n) is 3.10. The minimum Gasteiger partial charge on any atom is -0.367 e. The molecule has 1 aliphatic carbocycles. The van der Waals surface area contributed by atoms with Crippen molar-refractivity contribution >= 4 is 15.7 Å². The Balaban J connectivity index is 1.97. The van der Waals surface area contributed by atoms with E-state index in [4.69, 9.17) is 0 Å². The van der Waals surface area contributed by atoms with Crippen LogP contribution in [0.15, 0.2) is 35.2 Å². The van der Waals surface area contributed by atoms with Gasteiger partial charge >= 0.3 is 6.18 Å². The normalized spacial score (nSPS) is 16.3. The van der Waals surface area contributed by atoms with Crippen LogP contribution in [0.25, 0.3) is 11.4 Å². The monoisotopic (exact) mass is 399 g/mol. The fourth-order valence-corrected chi connectivity index (χ4v) is 3.73. The predicted octanol–water partition coefficient (Wildman–Crippen LogP) is 4.31. The van der Waals surface area contributed by atoms with Crippen molar-refractivity contribution in [2.45, 2.75) is 49.2 Å². The molecule has 1 N–H and O–H groups in total. The SMILES string of the molecule is CS(=O)(=O)c1ccc(-c2nc(NC3CCCCC3)cc(C(F)(F)F)n2)cc1. The van der Waals surface area contributed by atoms with Gasteiger partial charge in [-0.2, -0.15) is 13.2 Å². The maximum Gasteiger partial charge on any atom is 0.433 e. The molecule has 3 rings (SSSR count). The third-order valence-corrected chi connectivity index (χ3v) is 5.64. The van der Waals surface area contributed by atoms with Gasteiger partial charge in [0, 0.05) is 23.9 Å². The highest BCUT2D eigenvalue weighted by molar-refractivity contribution is 7.90. The molecule has 0 bridgehead atoms. The molecule has 0 unspecified atom stereocenters. The Morgan fingerprint density at radius 1 is 1.04 bits per heavy atom. The Kier molecular flexibility index (Phi) is 5.41. The zero-order valence-corrected chi connectivity index (χ0v) is 15.6. The molecule has 0 radical (unpaired) electrons. The first-order valence-corrected chi connectivity index (χ1v) is 10.6. The van der Waals surface area contributed by atoms with Gasteiger partial charge in [0.15, 0.2) is 21.4 Å². The number of hydrogen-bond acceptors (Lipinski definition) is 5. The van der Waals surface area contributed by atoms with E-state index in [2.05, 4.69) is 15.3 Å². The number of nitrogens with one attached hydrogen (secondary N) is 1. The maximum absolute atomic E-state index is 13.3. The molecule has 146 valence electrons. The number of anilines is 1. The Labute approximate surface area is 156 Å². The highest BCUT2D eigenvalue weighted by Crippen LogP contribution is 2.32. The molecule has 0 spiro atoms. The van der Waals surface area contributed by atoms with Crippen LogP contribution in [0.4, 0.5) is 19.0 Å². The van der Waals surface area contributed by atoms with Gasteiger partial charge in [-0.05, 0) is 37.1 Å². The number of hydrogen-bond donors (Lipinski definition) is 1. The highest BCUT2D eigenvalue weighted by atomic mass is 32.2. The molecule has 0 amide bonds. The number of alkyl halides is 3. The van der Waals surface area contributed by atoms with Gasteiger partial charge in [0.2, 0.25) is 0 Å². The van der Waals surface area contributed by atoms with Crippen molar-refractivity contribution in [3.63, 3.8) is 0 Å². The Hall–Kier alpha value is -2.16. The zero-order valence-electron chi connectivity index (χ0n) is 14.8. The summed E-state index contributed by atoms with van der Waals surface area (Å²) in [5.41, 5.74) is -0.710. The van der Waals surface area contributed by atoms with E-state index in [1.165, 1.54) is 24.3 Å². The second-order valence-electron chi connectivity index (χ2n) is 6.74. The van der Waals surface area contributed by atoms with Crippen LogP contribution in [0, 0.1) is 0 Å². The average molecular weight is 399 g/mol. The molecule has 27 heavy (non-hydrogen) atoms. The topological polar surface area (TPSA) is 72.0 Å². The van der Waals surface area contributed by atoms with Crippen molar-refractivity contribution in [3.8, 4) is 11.4 Å². The lowest BCUT2D eigenvalue weighted by atomic mass is 9.95. The third-order valence-electron chi connectivity index (χ3n) is 4.51. The Morgan fingerprint density at radius 3 is 2.22 bits per heavy atom. The van der Waals surface area contributed by atoms with E-state index >= 15 is 0 Å². The fraction of sp³-hybridized carbons (Fsp3) is 0.444. The van der Waals surface area contributed by atoms with E-state index in [9.17, 15) is 21.6 Å². The molecule has 0 aliphatic heterocycles. The van der Waals surface area contributed by atoms with Crippen molar-refractivity contribution in [3.05, 3.63) is 36.0 Å². The summed E-state index contributed by atoms with van der Waals surface area (Å²) < 4.78 is 62.9. The molecule has 1 saturated carbocycles. The predicted molar refractivity (Wildman–Crippen MR) is 96.1 cm³/mol. The van der Waals surface area contributed by atoms with E-state index in [0.29, 0.717) is 5.56 Å². The summed E-state index contributed by atoms with van der Waals surface area (Å²) in [6.45, 7) is 0. The van der Waals surface area contributed by atoms with Gasteiger partial charge in [0.05, 0.1) is 4.90 Å². The van der Waals surface area contributed by atoms with E-state index in [1.54, 1.807) is 0 Å². The lowest BCUT2D eigenvalue weighted by Crippen LogP contribution is -2.23. The first kappa shape index (κ1) is 19.6. The van der Waals surface area contributed by atoms with Gasteiger partial charge in [-0.1, -0.05) is 19.3 Å². The van der Waals surface area contributed by atoms with Gasteiger partial charge in [0.25, 0.3) is 0 Å². The average Bonchev–Trinajstić information content (AvgIpc) is 2.61. The number of rotatable bonds is 4. The largest absolute Gasteiger partial charge is 0.433 e. The molecule has 2 aromatic rings. The first-order chi connectivity index (χ1) is 12.6. The number of nitrogens with zero attached hydrogens (tertiary/aromatic N) is 2. The summed E-state index contributed by atoms with van der Waals surface area (Å²) >= 11 is 0. The van der Waals surface area contributed by atoms with Crippen molar-refractivity contribution in [1.29, 1.82) is 0 Å². The number of aromatic nitrogens is 2. The third kappa shape index (κ3) is 4.97. The summed E-state index contributed by atoms with van der Waals surface area (Å²) in [5, 5.41) is 3.09. The number of sulfone groups is 1. The smallest absolute Gasteiger partial charge is 0.367 e. The molecule has 5 nitrogen and oxygen atoms in total. The molecule has 1 fully saturated rings. The van der Waals surface area contributed by atoms with E-state index in [0.717, 1.165) is 44.4 Å². The quantitative estimate of drug-likeness (QED) is 0.829. The molecule has 9 heteroatoms. The summed E-state index contributed by atoms with van der Waals surface area (Å²) in [5.74, 6) is 0.0367. The summed E-state index contributed by atoms with van der Waals surface area (Å²) in [6.07, 6.45) is 1.45. The summed E-state index contributed by atoms with van der Waals surface area (Å²) in [6, 6.07) is 6.51. The van der Waals surface area contributed by atoms with E-state index in [-0.39, 0.29) is 22.6 Å². The zero-order chi connectivity index (χ0) is 19.7. The molecule has 1 heterocycles. The van der Waals surface area contributed by atoms with Crippen LogP contribution in [0.5, 0.6) is 0 Å². The summed E-state index contributed by atoms with van der Waals surface area (Å²) in [7, 11) is -3.39. The highest BCUT2D eigenvalue weighted by Gasteiger charge is 2.34. The summed E-state index contributed by atoms with van der Waals surface area (Å²) in [4.78, 5) is 7.95. The van der Waals surface area contributed by atoms with Crippen LogP contribution in [-0.2, 0) is 16.0 Å². The van der Waals surface area contributed by atoms with Crippen molar-refractivity contribution in [2.24, 2.45) is 0 Å². The maximum atomic E-state index is 13.3. The molecular formula is C18H20F3N3O2S. The van der Waals surface area contributed by atoms with Gasteiger partial charge in [-0.3, -0.25) is 0 Å². The van der Waals surface area contributed by atoms with Gasteiger partial charge in [-0.25, -0.2) is 18.4 Å². The molecule has 0 saturated heterocycles. The van der Waals surface area contributed by atoms with Crippen molar-refractivity contribution in [1.82, 2.24) is 9.97 Å². The second-order valence-corrected chi connectivity index (χ2v) is 8.75. The van der Waals surface area contributed by atoms with Gasteiger partial charge in [0.1, 0.15) is 5.82 Å². The van der Waals surface area contributed by atoms with Crippen LogP contribution in [0.2, 0.25) is 0 Å². The number of halogens is 3. The Bertz CT molecular complexity index is 906. The minimum atomic E-state index is -4.60. The number of benzene rings is 1. The Morgan fingerprint density at radius 2 is 1.67 bits per heavy atom. The first-order valence-electron chi connectivity index (χ1n) is 8.66. The molecule has 0 atom stereocenters. The molecule has 1 aromatic carbocycles. The standard InChI is InChI=1S/C18H20F3N3O2S/c1-27(25,26)14-9-7-12(8-10-14)17-23-15(18(19,20)21)11-16(24-17)22-13-5-3-2-4-6-13/h7-11,13H,2-6H2,1H3,(H,22,23,24). The van der Waals surface area contributed by atoms with Crippen molar-refractivity contribution < 1.29 is 21.6 Å². The van der Waals surface area contributed by atoms with Crippen LogP contribution in [0.3, 0.4) is 0 Å². The van der Waals surface area contributed by atoms with Crippen LogP contribution in [0.1, 0.15) is 37.8 Å². The lowest BCUT2D eigenvalue weighted by Gasteiger charge is -2.23. The van der Waals surface area contributed by atoms with Gasteiger partial charge in [-0.15, -0.1) is 0 Å². The second kappa shape index (κ2) is 7.46. The molecular weight excluding hydrogens is 379 g/mol. The lowest BCUT2D eigenvalue weighted by molar-refractivity contribution is -0.141. The van der Waals surface area contributed by atoms with Crippen LogP contribution < -0.4 is 5.32 Å². The van der Waals surface area contributed by atoms with Crippen LogP contribution >= 0.6 is 0 Å². The van der Waals surface area contributed by atoms with Gasteiger partial charge < -0.3 is 5.32 Å². The molecule has 1 aromatic heterocycles. The molecule has 1 aliphatic rings. The van der Waals surface area contributed by atoms with E-state index < -0.39 is 21.7 Å². The van der Waals surface area contributed by atoms with E-state index in [1.807, 2.05) is 0 Å².